The molecular formula is C18H16IN2O4+. The monoisotopic (exact) mass is 451 g/mol. The van der Waals surface area contributed by atoms with Gasteiger partial charge in [-0.3, -0.25) is 4.79 Å². The van der Waals surface area contributed by atoms with Crippen molar-refractivity contribution >= 4 is 39.1 Å². The Labute approximate surface area is 151 Å². The molecule has 2 heterocycles. The summed E-state index contributed by atoms with van der Waals surface area (Å²) >= 11 is -1.93. The molecule has 1 aliphatic rings. The van der Waals surface area contributed by atoms with E-state index in [9.17, 15) is 9.59 Å². The Morgan fingerprint density at radius 2 is 2.24 bits per heavy atom. The minimum atomic E-state index is -1.93. The number of nitrogens with zero attached hydrogens (tertiary/aromatic N) is 2. The minimum Gasteiger partial charge on any atom is -0.492 e. The molecule has 0 aromatic carbocycles. The molecular weight excluding hydrogens is 435 g/mol. The quantitative estimate of drug-likeness (QED) is 0.471. The van der Waals surface area contributed by atoms with Crippen molar-refractivity contribution in [2.45, 2.75) is 6.61 Å². The Hall–Kier alpha value is -2.73. The number of rotatable bonds is 7. The number of amides is 1. The van der Waals surface area contributed by atoms with Gasteiger partial charge in [0, 0.05) is 26.7 Å². The fraction of sp³-hybridized carbons (Fsp3) is 0.111. The van der Waals surface area contributed by atoms with Crippen LogP contribution in [0.4, 0.5) is 0 Å². The third-order valence-corrected chi connectivity index (χ3v) is 6.67. The second-order valence-electron chi connectivity index (χ2n) is 4.74. The SMILES string of the molecule is C#[N+]C(=O)c1ncccc1COC1=C(C(=O)C=C)C=C(OC)I(=C)=C1. The highest BCUT2D eigenvalue weighted by Gasteiger charge is 2.22. The van der Waals surface area contributed by atoms with Crippen molar-refractivity contribution in [3.8, 4) is 6.57 Å². The van der Waals surface area contributed by atoms with Crippen molar-refractivity contribution in [3.63, 3.8) is 0 Å². The third kappa shape index (κ3) is 4.22. The summed E-state index contributed by atoms with van der Waals surface area (Å²) in [5, 5.41) is 0. The van der Waals surface area contributed by atoms with E-state index >= 15 is 0 Å². The van der Waals surface area contributed by atoms with Gasteiger partial charge in [-0.2, -0.15) is 4.79 Å². The van der Waals surface area contributed by atoms with Crippen LogP contribution in [0.3, 0.4) is 0 Å². The first-order valence-corrected chi connectivity index (χ1v) is 10.9. The van der Waals surface area contributed by atoms with Crippen molar-refractivity contribution in [2.75, 3.05) is 7.11 Å². The van der Waals surface area contributed by atoms with E-state index < -0.39 is 24.8 Å². The van der Waals surface area contributed by atoms with E-state index in [2.05, 4.69) is 20.9 Å². The van der Waals surface area contributed by atoms with Crippen LogP contribution in [0.15, 0.2) is 52.2 Å². The molecule has 6 nitrogen and oxygen atoms in total. The molecule has 128 valence electrons. The van der Waals surface area contributed by atoms with Crippen molar-refractivity contribution in [1.29, 1.82) is 0 Å². The molecule has 1 aromatic rings. The Morgan fingerprint density at radius 1 is 1.48 bits per heavy atom. The number of halogens is 1. The van der Waals surface area contributed by atoms with E-state index in [0.717, 1.165) is 0 Å². The van der Waals surface area contributed by atoms with Gasteiger partial charge >= 0.3 is 5.91 Å². The molecule has 0 aliphatic carbocycles. The molecule has 0 saturated carbocycles. The van der Waals surface area contributed by atoms with Crippen LogP contribution in [-0.2, 0) is 20.9 Å². The van der Waals surface area contributed by atoms with Crippen LogP contribution in [0.5, 0.6) is 0 Å². The van der Waals surface area contributed by atoms with Crippen molar-refractivity contribution in [3.05, 3.63) is 68.3 Å². The lowest BCUT2D eigenvalue weighted by Gasteiger charge is -2.16. The lowest BCUT2D eigenvalue weighted by Crippen LogP contribution is -2.10. The molecule has 7 heteroatoms. The zero-order valence-corrected chi connectivity index (χ0v) is 15.7. The zero-order valence-electron chi connectivity index (χ0n) is 13.6. The molecule has 1 aliphatic heterocycles. The van der Waals surface area contributed by atoms with Crippen molar-refractivity contribution in [1.82, 2.24) is 4.98 Å². The molecule has 2 rings (SSSR count). The van der Waals surface area contributed by atoms with E-state index in [1.807, 2.05) is 4.01 Å². The first-order chi connectivity index (χ1) is 12.0. The topological polar surface area (TPSA) is 69.8 Å². The van der Waals surface area contributed by atoms with Gasteiger partial charge in [0.1, 0.15) is 16.1 Å². The van der Waals surface area contributed by atoms with Gasteiger partial charge in [0.2, 0.25) is 5.69 Å². The van der Waals surface area contributed by atoms with E-state index in [1.165, 1.54) is 12.3 Å². The number of aromatic nitrogens is 1. The number of ether oxygens (including phenoxy) is 2. The fourth-order valence-corrected chi connectivity index (χ4v) is 4.80. The summed E-state index contributed by atoms with van der Waals surface area (Å²) in [5.74, 6) is -0.530. The van der Waals surface area contributed by atoms with Crippen LogP contribution in [-0.4, -0.2) is 32.3 Å². The van der Waals surface area contributed by atoms with Crippen LogP contribution >= 0.6 is 18.9 Å². The van der Waals surface area contributed by atoms with E-state index in [1.54, 1.807) is 25.3 Å². The lowest BCUT2D eigenvalue weighted by atomic mass is 10.1. The molecule has 0 bridgehead atoms. The van der Waals surface area contributed by atoms with Gasteiger partial charge in [-0.05, 0) is 12.1 Å². The lowest BCUT2D eigenvalue weighted by molar-refractivity contribution is -0.111. The van der Waals surface area contributed by atoms with Crippen LogP contribution in [0, 0.1) is 6.57 Å². The average Bonchev–Trinajstić information content (AvgIpc) is 2.65. The number of allylic oxidation sites excluding steroid dienone is 4. The highest BCUT2D eigenvalue weighted by atomic mass is 127. The summed E-state index contributed by atoms with van der Waals surface area (Å²) in [6.07, 6.45) is 4.31. The summed E-state index contributed by atoms with van der Waals surface area (Å²) in [6.45, 7) is 8.57. The summed E-state index contributed by atoms with van der Waals surface area (Å²) in [7, 11) is 1.54. The number of methoxy groups -OCH3 is 1. The first kappa shape index (κ1) is 18.6. The standard InChI is InChI=1S/C18H16IN2O4/c1-5-14(22)13-9-16(24-4)19(2)10-15(13)25-11-12-7-6-8-21-17(12)18(23)20-3/h3,5-10H,1-2,11H2,4H3/q+1. The third-order valence-electron chi connectivity index (χ3n) is 3.23. The Kier molecular flexibility index (Phi) is 6.25. The average molecular weight is 451 g/mol. The molecule has 1 amide bonds. The minimum absolute atomic E-state index is 0.0321. The van der Waals surface area contributed by atoms with Crippen LogP contribution in [0.1, 0.15) is 16.1 Å². The van der Waals surface area contributed by atoms with E-state index in [4.69, 9.17) is 16.0 Å². The van der Waals surface area contributed by atoms with Gasteiger partial charge in [-0.25, -0.2) is 4.98 Å². The largest absolute Gasteiger partial charge is 0.566 e. The summed E-state index contributed by atoms with van der Waals surface area (Å²) in [4.78, 5) is 30.9. The van der Waals surface area contributed by atoms with Gasteiger partial charge < -0.3 is 9.47 Å². The molecule has 0 saturated heterocycles. The summed E-state index contributed by atoms with van der Waals surface area (Å²) < 4.78 is 17.7. The number of pyridine rings is 1. The van der Waals surface area contributed by atoms with E-state index in [-0.39, 0.29) is 18.1 Å². The highest BCUT2D eigenvalue weighted by Crippen LogP contribution is 2.31. The number of hydrogen-bond acceptors (Lipinski definition) is 5. The molecule has 0 spiro atoms. The Balaban J connectivity index is 2.38. The number of ketones is 1. The second-order valence-corrected chi connectivity index (χ2v) is 8.69. The first-order valence-electron chi connectivity index (χ1n) is 7.02. The molecule has 0 fully saturated rings. The highest BCUT2D eigenvalue weighted by molar-refractivity contribution is 14.2. The van der Waals surface area contributed by atoms with Gasteiger partial charge in [0.05, 0.1) is 12.7 Å². The van der Waals surface area contributed by atoms with Gasteiger partial charge in [0.15, 0.2) is 5.78 Å². The van der Waals surface area contributed by atoms with Gasteiger partial charge in [-0.1, -0.05) is 36.0 Å². The predicted molar refractivity (Wildman–Crippen MR) is 106 cm³/mol. The Bertz CT molecular complexity index is 929. The molecule has 0 unspecified atom stereocenters. The zero-order chi connectivity index (χ0) is 18.4. The summed E-state index contributed by atoms with van der Waals surface area (Å²) in [5.41, 5.74) is 0.958. The smallest absolute Gasteiger partial charge is 0.492 e. The van der Waals surface area contributed by atoms with Crippen LogP contribution < -0.4 is 0 Å². The van der Waals surface area contributed by atoms with E-state index in [0.29, 0.717) is 20.7 Å². The number of carbonyl (C=O) groups is 2. The normalized spacial score (nSPS) is 14.0. The predicted octanol–water partition coefficient (Wildman–Crippen LogP) is 2.95. The van der Waals surface area contributed by atoms with Gasteiger partial charge in [-0.15, -0.1) is 0 Å². The molecule has 0 atom stereocenters. The molecule has 25 heavy (non-hydrogen) atoms. The fourth-order valence-electron chi connectivity index (χ4n) is 2.02. The number of carbonyl (C=O) groups excluding carboxylic acids is 2. The number of hydrogen-bond donors (Lipinski definition) is 0. The van der Waals surface area contributed by atoms with Crippen molar-refractivity contribution < 1.29 is 19.1 Å². The Morgan fingerprint density at radius 3 is 2.88 bits per heavy atom. The van der Waals surface area contributed by atoms with Crippen molar-refractivity contribution in [2.24, 2.45) is 0 Å². The maximum Gasteiger partial charge on any atom is 0.566 e. The molecule has 1 aromatic heterocycles. The van der Waals surface area contributed by atoms with Crippen LogP contribution in [0.2, 0.25) is 0 Å². The molecule has 0 N–H and O–H groups in total. The van der Waals surface area contributed by atoms with Gasteiger partial charge in [0.25, 0.3) is 6.57 Å². The second kappa shape index (κ2) is 8.39. The molecule has 0 radical (unpaired) electrons. The maximum absolute atomic E-state index is 12.1. The maximum atomic E-state index is 12.1. The summed E-state index contributed by atoms with van der Waals surface area (Å²) in [6, 6.07) is 3.35. The van der Waals surface area contributed by atoms with Crippen LogP contribution in [0.25, 0.3) is 4.85 Å².